The average Bonchev–Trinajstić information content (AvgIpc) is 2.93. The fraction of sp³-hybridized carbons (Fsp3) is 0.176. The Hall–Kier alpha value is -2.62. The van der Waals surface area contributed by atoms with E-state index in [0.29, 0.717) is 6.42 Å². The van der Waals surface area contributed by atoms with Gasteiger partial charge in [0.05, 0.1) is 17.4 Å². The smallest absolute Gasteiger partial charge is 0.224 e. The Labute approximate surface area is 123 Å². The quantitative estimate of drug-likeness (QED) is 0.768. The first-order valence-electron chi connectivity index (χ1n) is 6.99. The number of rotatable bonds is 4. The topological polar surface area (TPSA) is 57.8 Å². The molecule has 2 aromatic carbocycles. The van der Waals surface area contributed by atoms with Crippen molar-refractivity contribution in [2.75, 3.05) is 5.32 Å². The molecule has 1 heterocycles. The molecule has 0 saturated heterocycles. The molecule has 21 heavy (non-hydrogen) atoms. The van der Waals surface area contributed by atoms with Crippen LogP contribution in [0.25, 0.3) is 11.0 Å². The number of benzene rings is 2. The molecule has 0 aliphatic rings. The van der Waals surface area contributed by atoms with Gasteiger partial charge in [0, 0.05) is 12.1 Å². The molecule has 0 atom stereocenters. The lowest BCUT2D eigenvalue weighted by Crippen LogP contribution is -2.12. The van der Waals surface area contributed by atoms with Gasteiger partial charge in [-0.15, -0.1) is 0 Å². The van der Waals surface area contributed by atoms with Crippen LogP contribution < -0.4 is 5.32 Å². The normalized spacial score (nSPS) is 10.7. The van der Waals surface area contributed by atoms with Gasteiger partial charge < -0.3 is 10.3 Å². The molecule has 0 unspecified atom stereocenters. The summed E-state index contributed by atoms with van der Waals surface area (Å²) in [6, 6.07) is 13.9. The second-order valence-corrected chi connectivity index (χ2v) is 5.17. The number of H-pyrrole nitrogens is 1. The van der Waals surface area contributed by atoms with Crippen molar-refractivity contribution in [1.82, 2.24) is 9.97 Å². The van der Waals surface area contributed by atoms with Crippen LogP contribution in [0.5, 0.6) is 0 Å². The van der Waals surface area contributed by atoms with E-state index in [1.54, 1.807) is 6.33 Å². The summed E-state index contributed by atoms with van der Waals surface area (Å²) in [6.07, 6.45) is 2.87. The largest absolute Gasteiger partial charge is 0.345 e. The average molecular weight is 279 g/mol. The number of amides is 1. The van der Waals surface area contributed by atoms with Crippen LogP contribution >= 0.6 is 0 Å². The first kappa shape index (κ1) is 13.4. The summed E-state index contributed by atoms with van der Waals surface area (Å²) in [6.45, 7) is 2.06. The van der Waals surface area contributed by atoms with Crippen LogP contribution in [0.1, 0.15) is 17.5 Å². The predicted molar refractivity (Wildman–Crippen MR) is 84.2 cm³/mol. The molecule has 1 aromatic heterocycles. The number of aromatic amines is 1. The molecule has 4 heteroatoms. The predicted octanol–water partition coefficient (Wildman–Crippen LogP) is 3.44. The molecule has 0 radical (unpaired) electrons. The first-order valence-corrected chi connectivity index (χ1v) is 6.99. The maximum atomic E-state index is 12.0. The van der Waals surface area contributed by atoms with Gasteiger partial charge in [-0.05, 0) is 37.1 Å². The minimum atomic E-state index is 0.0235. The third-order valence-corrected chi connectivity index (χ3v) is 3.43. The van der Waals surface area contributed by atoms with Gasteiger partial charge in [0.1, 0.15) is 0 Å². The SMILES string of the molecule is Cc1cccc(CCC(=O)Nc2ccc3nc[nH]c3c2)c1. The van der Waals surface area contributed by atoms with Crippen molar-refractivity contribution in [3.63, 3.8) is 0 Å². The first-order chi connectivity index (χ1) is 10.2. The van der Waals surface area contributed by atoms with E-state index in [1.165, 1.54) is 11.1 Å². The van der Waals surface area contributed by atoms with Crippen LogP contribution in [0, 0.1) is 6.92 Å². The molecule has 1 amide bonds. The molecule has 4 nitrogen and oxygen atoms in total. The van der Waals surface area contributed by atoms with Crippen LogP contribution in [0.3, 0.4) is 0 Å². The van der Waals surface area contributed by atoms with E-state index in [-0.39, 0.29) is 5.91 Å². The zero-order valence-corrected chi connectivity index (χ0v) is 11.9. The van der Waals surface area contributed by atoms with Crippen LogP contribution in [0.15, 0.2) is 48.8 Å². The number of carbonyl (C=O) groups excluding carboxylic acids is 1. The van der Waals surface area contributed by atoms with Gasteiger partial charge >= 0.3 is 0 Å². The molecular weight excluding hydrogens is 262 g/mol. The van der Waals surface area contributed by atoms with Crippen LogP contribution in [-0.2, 0) is 11.2 Å². The summed E-state index contributed by atoms with van der Waals surface area (Å²) < 4.78 is 0. The highest BCUT2D eigenvalue weighted by Gasteiger charge is 2.05. The summed E-state index contributed by atoms with van der Waals surface area (Å²) in [5, 5.41) is 2.92. The second kappa shape index (κ2) is 5.79. The molecular formula is C17H17N3O. The van der Waals surface area contributed by atoms with Crippen molar-refractivity contribution in [3.05, 3.63) is 59.9 Å². The van der Waals surface area contributed by atoms with Crippen LogP contribution in [0.2, 0.25) is 0 Å². The number of anilines is 1. The van der Waals surface area contributed by atoms with E-state index in [2.05, 4.69) is 40.4 Å². The molecule has 0 bridgehead atoms. The van der Waals surface area contributed by atoms with Gasteiger partial charge in [0.25, 0.3) is 0 Å². The lowest BCUT2D eigenvalue weighted by molar-refractivity contribution is -0.116. The summed E-state index contributed by atoms with van der Waals surface area (Å²) in [7, 11) is 0. The third kappa shape index (κ3) is 3.28. The van der Waals surface area contributed by atoms with E-state index >= 15 is 0 Å². The Kier molecular flexibility index (Phi) is 3.69. The Morgan fingerprint density at radius 2 is 2.14 bits per heavy atom. The van der Waals surface area contributed by atoms with Crippen molar-refractivity contribution >= 4 is 22.6 Å². The molecule has 2 N–H and O–H groups in total. The monoisotopic (exact) mass is 279 g/mol. The van der Waals surface area contributed by atoms with Gasteiger partial charge in [-0.25, -0.2) is 4.98 Å². The van der Waals surface area contributed by atoms with Gasteiger partial charge in [0.2, 0.25) is 5.91 Å². The minimum absolute atomic E-state index is 0.0235. The molecule has 0 spiro atoms. The van der Waals surface area contributed by atoms with Crippen LogP contribution in [0.4, 0.5) is 5.69 Å². The summed E-state index contributed by atoms with van der Waals surface area (Å²) in [5.74, 6) is 0.0235. The zero-order chi connectivity index (χ0) is 14.7. The molecule has 106 valence electrons. The Bertz CT molecular complexity index is 776. The van der Waals surface area contributed by atoms with Crippen molar-refractivity contribution in [2.24, 2.45) is 0 Å². The summed E-state index contributed by atoms with van der Waals surface area (Å²) >= 11 is 0. The lowest BCUT2D eigenvalue weighted by Gasteiger charge is -2.06. The molecule has 3 aromatic rings. The molecule has 0 saturated carbocycles. The van der Waals surface area contributed by atoms with E-state index < -0.39 is 0 Å². The highest BCUT2D eigenvalue weighted by molar-refractivity contribution is 5.93. The fourth-order valence-electron chi connectivity index (χ4n) is 2.36. The number of carbonyl (C=O) groups is 1. The minimum Gasteiger partial charge on any atom is -0.345 e. The number of nitrogens with one attached hydrogen (secondary N) is 2. The number of fused-ring (bicyclic) bond motifs is 1. The second-order valence-electron chi connectivity index (χ2n) is 5.17. The van der Waals surface area contributed by atoms with E-state index in [9.17, 15) is 4.79 Å². The zero-order valence-electron chi connectivity index (χ0n) is 11.9. The Balaban J connectivity index is 1.60. The van der Waals surface area contributed by atoms with Gasteiger partial charge in [-0.2, -0.15) is 0 Å². The number of hydrogen-bond acceptors (Lipinski definition) is 2. The van der Waals surface area contributed by atoms with Crippen LogP contribution in [-0.4, -0.2) is 15.9 Å². The van der Waals surface area contributed by atoms with Crippen molar-refractivity contribution in [1.29, 1.82) is 0 Å². The molecule has 0 fully saturated rings. The Morgan fingerprint density at radius 3 is 3.00 bits per heavy atom. The standard InChI is InChI=1S/C17H17N3O/c1-12-3-2-4-13(9-12)5-8-17(21)20-14-6-7-15-16(10-14)19-11-18-15/h2-4,6-7,9-11H,5,8H2,1H3,(H,18,19)(H,20,21). The molecule has 3 rings (SSSR count). The van der Waals surface area contributed by atoms with Gasteiger partial charge in [-0.1, -0.05) is 29.8 Å². The third-order valence-electron chi connectivity index (χ3n) is 3.43. The number of imidazole rings is 1. The van der Waals surface area contributed by atoms with Gasteiger partial charge in [-0.3, -0.25) is 4.79 Å². The molecule has 0 aliphatic carbocycles. The lowest BCUT2D eigenvalue weighted by atomic mass is 10.1. The summed E-state index contributed by atoms with van der Waals surface area (Å²) in [5.41, 5.74) is 5.02. The van der Waals surface area contributed by atoms with E-state index in [0.717, 1.165) is 23.1 Å². The number of nitrogens with zero attached hydrogens (tertiary/aromatic N) is 1. The summed E-state index contributed by atoms with van der Waals surface area (Å²) in [4.78, 5) is 19.2. The van der Waals surface area contributed by atoms with E-state index in [4.69, 9.17) is 0 Å². The number of aryl methyl sites for hydroxylation is 2. The highest BCUT2D eigenvalue weighted by Crippen LogP contribution is 2.16. The number of hydrogen-bond donors (Lipinski definition) is 2. The maximum absolute atomic E-state index is 12.0. The molecule has 0 aliphatic heterocycles. The highest BCUT2D eigenvalue weighted by atomic mass is 16.1. The van der Waals surface area contributed by atoms with E-state index in [1.807, 2.05) is 24.3 Å². The fourth-order valence-corrected chi connectivity index (χ4v) is 2.36. The van der Waals surface area contributed by atoms with Crippen molar-refractivity contribution in [2.45, 2.75) is 19.8 Å². The maximum Gasteiger partial charge on any atom is 0.224 e. The van der Waals surface area contributed by atoms with Crippen molar-refractivity contribution in [3.8, 4) is 0 Å². The van der Waals surface area contributed by atoms with Crippen molar-refractivity contribution < 1.29 is 4.79 Å². The number of aromatic nitrogens is 2. The Morgan fingerprint density at radius 1 is 1.24 bits per heavy atom. The van der Waals surface area contributed by atoms with Gasteiger partial charge in [0.15, 0.2) is 0 Å².